The predicted octanol–water partition coefficient (Wildman–Crippen LogP) is 4.04. The maximum absolute atomic E-state index is 12.6. The summed E-state index contributed by atoms with van der Waals surface area (Å²) in [5, 5.41) is 0. The van der Waals surface area contributed by atoms with Gasteiger partial charge in [0.15, 0.2) is 11.5 Å². The molecule has 2 rings (SSSR count). The van der Waals surface area contributed by atoms with Crippen LogP contribution in [0.4, 0.5) is 8.78 Å². The molecule has 24 heavy (non-hydrogen) atoms. The molecule has 0 bridgehead atoms. The van der Waals surface area contributed by atoms with Crippen molar-refractivity contribution in [1.29, 1.82) is 0 Å². The van der Waals surface area contributed by atoms with E-state index in [0.29, 0.717) is 23.4 Å². The molecule has 138 valence electrons. The van der Waals surface area contributed by atoms with Gasteiger partial charge in [0.05, 0.1) is 11.1 Å². The highest BCUT2D eigenvalue weighted by Gasteiger charge is 2.32. The highest BCUT2D eigenvalue weighted by Crippen LogP contribution is 2.39. The molecule has 1 fully saturated rings. The van der Waals surface area contributed by atoms with Gasteiger partial charge in [0.25, 0.3) is 0 Å². The minimum atomic E-state index is -2.89. The van der Waals surface area contributed by atoms with Gasteiger partial charge in [0.2, 0.25) is 0 Å². The van der Waals surface area contributed by atoms with Crippen molar-refractivity contribution in [2.24, 2.45) is 11.1 Å². The fourth-order valence-corrected chi connectivity index (χ4v) is 3.45. The Morgan fingerprint density at radius 3 is 2.67 bits per heavy atom. The average Bonchev–Trinajstić information content (AvgIpc) is 2.85. The van der Waals surface area contributed by atoms with E-state index >= 15 is 0 Å². The molecule has 1 heterocycles. The van der Waals surface area contributed by atoms with Crippen molar-refractivity contribution in [1.82, 2.24) is 4.90 Å². The zero-order valence-electron chi connectivity index (χ0n) is 13.9. The van der Waals surface area contributed by atoms with Gasteiger partial charge in [-0.15, -0.1) is 12.4 Å². The van der Waals surface area contributed by atoms with Gasteiger partial charge in [-0.2, -0.15) is 8.78 Å². The molecule has 1 aromatic carbocycles. The number of rotatable bonds is 7. The van der Waals surface area contributed by atoms with E-state index in [2.05, 4.69) is 32.5 Å². The van der Waals surface area contributed by atoms with Crippen LogP contribution in [-0.2, 0) is 6.54 Å². The SMILES string of the molecule is CCOc1cc(CN2CCC(C)(CN)C2)cc(Br)c1OC(F)F.Cl. The van der Waals surface area contributed by atoms with Crippen LogP contribution in [0.15, 0.2) is 16.6 Å². The molecule has 8 heteroatoms. The number of hydrogen-bond acceptors (Lipinski definition) is 4. The van der Waals surface area contributed by atoms with Crippen molar-refractivity contribution in [3.8, 4) is 11.5 Å². The zero-order valence-corrected chi connectivity index (χ0v) is 16.3. The molecule has 0 radical (unpaired) electrons. The second-order valence-corrected chi connectivity index (χ2v) is 7.05. The molecule has 4 nitrogen and oxygen atoms in total. The lowest BCUT2D eigenvalue weighted by molar-refractivity contribution is -0.0519. The second kappa shape index (κ2) is 9.17. The lowest BCUT2D eigenvalue weighted by Crippen LogP contribution is -2.31. The van der Waals surface area contributed by atoms with Gasteiger partial charge < -0.3 is 15.2 Å². The largest absolute Gasteiger partial charge is 0.490 e. The number of alkyl halides is 2. The summed E-state index contributed by atoms with van der Waals surface area (Å²) in [4.78, 5) is 2.32. The highest BCUT2D eigenvalue weighted by molar-refractivity contribution is 9.10. The Bertz CT molecular complexity index is 551. The number of benzene rings is 1. The van der Waals surface area contributed by atoms with E-state index in [4.69, 9.17) is 10.5 Å². The number of likely N-dealkylation sites (tertiary alicyclic amines) is 1. The number of hydrogen-bond donors (Lipinski definition) is 1. The Labute approximate surface area is 156 Å². The monoisotopic (exact) mass is 428 g/mol. The molecule has 1 unspecified atom stereocenters. The lowest BCUT2D eigenvalue weighted by Gasteiger charge is -2.23. The van der Waals surface area contributed by atoms with Crippen LogP contribution in [0.3, 0.4) is 0 Å². The highest BCUT2D eigenvalue weighted by atomic mass is 79.9. The summed E-state index contributed by atoms with van der Waals surface area (Å²) in [5.74, 6) is 0.372. The van der Waals surface area contributed by atoms with E-state index in [0.717, 1.165) is 31.6 Å². The summed E-state index contributed by atoms with van der Waals surface area (Å²) in [7, 11) is 0. The summed E-state index contributed by atoms with van der Waals surface area (Å²) >= 11 is 3.31. The summed E-state index contributed by atoms with van der Waals surface area (Å²) in [6.45, 7) is 4.78. The van der Waals surface area contributed by atoms with Gasteiger partial charge in [-0.05, 0) is 65.5 Å². The van der Waals surface area contributed by atoms with Crippen LogP contribution in [0.25, 0.3) is 0 Å². The van der Waals surface area contributed by atoms with Crippen LogP contribution < -0.4 is 15.2 Å². The van der Waals surface area contributed by atoms with Crippen LogP contribution >= 0.6 is 28.3 Å². The first-order chi connectivity index (χ1) is 10.9. The third-order valence-corrected chi connectivity index (χ3v) is 4.70. The van der Waals surface area contributed by atoms with Gasteiger partial charge in [0.1, 0.15) is 0 Å². The molecule has 0 saturated carbocycles. The first-order valence-electron chi connectivity index (χ1n) is 7.69. The molecule has 0 spiro atoms. The molecule has 1 atom stereocenters. The van der Waals surface area contributed by atoms with Crippen LogP contribution in [0.5, 0.6) is 11.5 Å². The molecule has 1 aliphatic rings. The Hall–Kier alpha value is -0.630. The van der Waals surface area contributed by atoms with Crippen molar-refractivity contribution in [3.05, 3.63) is 22.2 Å². The topological polar surface area (TPSA) is 47.7 Å². The van der Waals surface area contributed by atoms with E-state index < -0.39 is 6.61 Å². The normalized spacial score (nSPS) is 21.0. The van der Waals surface area contributed by atoms with E-state index in [1.165, 1.54) is 0 Å². The van der Waals surface area contributed by atoms with Crippen LogP contribution in [0.1, 0.15) is 25.8 Å². The van der Waals surface area contributed by atoms with E-state index in [-0.39, 0.29) is 23.6 Å². The average molecular weight is 430 g/mol. The first kappa shape index (κ1) is 21.4. The smallest absolute Gasteiger partial charge is 0.387 e. The fourth-order valence-electron chi connectivity index (χ4n) is 2.86. The van der Waals surface area contributed by atoms with Gasteiger partial charge in [-0.25, -0.2) is 0 Å². The van der Waals surface area contributed by atoms with E-state index in [1.807, 2.05) is 0 Å². The third-order valence-electron chi connectivity index (χ3n) is 4.11. The quantitative estimate of drug-likeness (QED) is 0.710. The molecule has 0 amide bonds. The van der Waals surface area contributed by atoms with Gasteiger partial charge in [-0.3, -0.25) is 4.90 Å². The third kappa shape index (κ3) is 5.44. The van der Waals surface area contributed by atoms with Crippen molar-refractivity contribution in [2.45, 2.75) is 33.4 Å². The molecular weight excluding hydrogens is 406 g/mol. The fraction of sp³-hybridized carbons (Fsp3) is 0.625. The molecular formula is C16H24BrClF2N2O2. The van der Waals surface area contributed by atoms with Crippen molar-refractivity contribution >= 4 is 28.3 Å². The first-order valence-corrected chi connectivity index (χ1v) is 8.48. The van der Waals surface area contributed by atoms with Gasteiger partial charge >= 0.3 is 6.61 Å². The van der Waals surface area contributed by atoms with Crippen LogP contribution in [0.2, 0.25) is 0 Å². The Kier molecular flexibility index (Phi) is 8.19. The van der Waals surface area contributed by atoms with Crippen LogP contribution in [0, 0.1) is 5.41 Å². The Morgan fingerprint density at radius 2 is 2.12 bits per heavy atom. The zero-order chi connectivity index (χ0) is 17.0. The minimum Gasteiger partial charge on any atom is -0.490 e. The molecule has 0 aliphatic carbocycles. The van der Waals surface area contributed by atoms with Crippen LogP contribution in [-0.4, -0.2) is 37.8 Å². The van der Waals surface area contributed by atoms with E-state index in [1.54, 1.807) is 19.1 Å². The lowest BCUT2D eigenvalue weighted by atomic mass is 9.90. The maximum atomic E-state index is 12.6. The summed E-state index contributed by atoms with van der Waals surface area (Å²) in [6, 6.07) is 3.57. The Morgan fingerprint density at radius 1 is 1.42 bits per heavy atom. The number of halogens is 4. The summed E-state index contributed by atoms with van der Waals surface area (Å²) in [6.07, 6.45) is 1.07. The molecule has 1 aromatic rings. The molecule has 0 aromatic heterocycles. The number of nitrogens with zero attached hydrogens (tertiary/aromatic N) is 1. The summed E-state index contributed by atoms with van der Waals surface area (Å²) < 4.78 is 35.6. The van der Waals surface area contributed by atoms with Crippen molar-refractivity contribution in [2.75, 3.05) is 26.2 Å². The molecule has 1 saturated heterocycles. The number of nitrogens with two attached hydrogens (primary N) is 1. The Balaban J connectivity index is 0.00000288. The standard InChI is InChI=1S/C16H23BrF2N2O2.ClH/c1-3-22-13-7-11(6-12(17)14(13)23-15(18)19)8-21-5-4-16(2,9-20)10-21;/h6-7,15H,3-5,8-10,20H2,1-2H3;1H. The second-order valence-electron chi connectivity index (χ2n) is 6.19. The van der Waals surface area contributed by atoms with Gasteiger partial charge in [0, 0.05) is 13.1 Å². The maximum Gasteiger partial charge on any atom is 0.387 e. The van der Waals surface area contributed by atoms with Crippen molar-refractivity contribution < 1.29 is 18.3 Å². The molecule has 2 N–H and O–H groups in total. The molecule has 1 aliphatic heterocycles. The van der Waals surface area contributed by atoms with E-state index in [9.17, 15) is 8.78 Å². The minimum absolute atomic E-state index is 0. The predicted molar refractivity (Wildman–Crippen MR) is 96.2 cm³/mol. The summed E-state index contributed by atoms with van der Waals surface area (Å²) in [5.41, 5.74) is 6.98. The number of ether oxygens (including phenoxy) is 2. The van der Waals surface area contributed by atoms with Crippen molar-refractivity contribution in [3.63, 3.8) is 0 Å². The van der Waals surface area contributed by atoms with Gasteiger partial charge in [-0.1, -0.05) is 6.92 Å².